The molecule has 2 aromatic carbocycles. The quantitative estimate of drug-likeness (QED) is 0.0568. The van der Waals surface area contributed by atoms with Crippen LogP contribution in [0.3, 0.4) is 0 Å². The van der Waals surface area contributed by atoms with E-state index in [2.05, 4.69) is 47.2 Å². The highest BCUT2D eigenvalue weighted by Crippen LogP contribution is 2.09. The Kier molecular flexibility index (Phi) is 16.9. The van der Waals surface area contributed by atoms with Crippen molar-refractivity contribution in [2.75, 3.05) is 13.1 Å². The average Bonchev–Trinajstić information content (AvgIpc) is 3.94. The number of hydrogen-bond donors (Lipinski definition) is 10. The summed E-state index contributed by atoms with van der Waals surface area (Å²) in [7, 11) is 0. The first-order chi connectivity index (χ1) is 27.8. The molecule has 1 aliphatic heterocycles. The van der Waals surface area contributed by atoms with E-state index in [0.717, 1.165) is 6.42 Å². The Labute approximate surface area is 333 Å². The third kappa shape index (κ3) is 14.5. The van der Waals surface area contributed by atoms with Crippen LogP contribution in [0.2, 0.25) is 0 Å². The molecule has 0 radical (unpaired) electrons. The van der Waals surface area contributed by atoms with Gasteiger partial charge in [-0.2, -0.15) is 0 Å². The van der Waals surface area contributed by atoms with Crippen molar-refractivity contribution in [2.24, 2.45) is 0 Å². The maximum atomic E-state index is 14.0. The van der Waals surface area contributed by atoms with Gasteiger partial charge in [-0.25, -0.2) is 9.78 Å². The first-order valence-electron chi connectivity index (χ1n) is 18.8. The summed E-state index contributed by atoms with van der Waals surface area (Å²) in [6.07, 6.45) is 3.16. The summed E-state index contributed by atoms with van der Waals surface area (Å²) in [5.74, 6) is -7.06. The number of amides is 6. The lowest BCUT2D eigenvalue weighted by molar-refractivity contribution is -0.142. The van der Waals surface area contributed by atoms with Crippen LogP contribution >= 0.6 is 0 Å². The minimum atomic E-state index is -1.51. The predicted molar refractivity (Wildman–Crippen MR) is 206 cm³/mol. The Morgan fingerprint density at radius 1 is 0.724 bits per heavy atom. The number of benzene rings is 2. The molecular weight excluding hydrogens is 754 g/mol. The van der Waals surface area contributed by atoms with Crippen LogP contribution in [0.5, 0.6) is 0 Å². The van der Waals surface area contributed by atoms with Gasteiger partial charge in [0.25, 0.3) is 0 Å². The molecule has 6 amide bonds. The maximum Gasteiger partial charge on any atom is 0.326 e. The molecule has 6 atom stereocenters. The number of carbonyl (C=O) groups is 8. The number of nitrogens with zero attached hydrogens (tertiary/aromatic N) is 1. The van der Waals surface area contributed by atoms with Crippen molar-refractivity contribution in [1.82, 2.24) is 47.2 Å². The molecule has 0 aliphatic carbocycles. The van der Waals surface area contributed by atoms with Crippen molar-refractivity contribution in [3.05, 3.63) is 90.0 Å². The SMILES string of the molecule is C[C@H](NC(=O)[C@H](CCC(=O)O)NC(=O)[C@H](Cc1ccccc1)NC(=O)[C@H](Cc1c[nH]cn1)NC(=O)CNC(=O)[C@@H]1CCCN1)C(=O)N[C@@H](Cc1ccccc1)C(=O)O. The topological polar surface area (TPSA) is 290 Å². The number of hydrogen-bond acceptors (Lipinski definition) is 10. The fourth-order valence-corrected chi connectivity index (χ4v) is 6.13. The number of carbonyl (C=O) groups excluding carboxylic acids is 6. The van der Waals surface area contributed by atoms with E-state index in [-0.39, 0.29) is 25.2 Å². The number of imidazole rings is 1. The van der Waals surface area contributed by atoms with Crippen molar-refractivity contribution in [3.8, 4) is 0 Å². The number of aromatic amines is 1. The number of H-pyrrole nitrogens is 1. The second-order valence-corrected chi connectivity index (χ2v) is 13.8. The van der Waals surface area contributed by atoms with E-state index in [9.17, 15) is 48.6 Å². The Hall–Kier alpha value is -6.63. The van der Waals surface area contributed by atoms with E-state index < -0.39 is 97.1 Å². The first-order valence-corrected chi connectivity index (χ1v) is 18.8. The Morgan fingerprint density at radius 2 is 1.29 bits per heavy atom. The van der Waals surface area contributed by atoms with Gasteiger partial charge in [0, 0.05) is 31.9 Å². The standard InChI is InChI=1S/C39H49N9O10/c1-23(34(52)48-31(39(57)58)18-25-11-6-3-7-12-25)44-36(54)28(14-15-33(50)51)46-37(55)29(17-24-9-4-2-5-10-24)47-38(56)30(19-26-20-40-22-43-26)45-32(49)21-42-35(53)27-13-8-16-41-27/h2-7,9-12,20,22-23,27-31,41H,8,13-19,21H2,1H3,(H,40,43)(H,42,53)(H,44,54)(H,45,49)(H,46,55)(H,47,56)(H,48,52)(H,50,51)(H,57,58)/t23-,27-,28-,29-,30-,31-/m0/s1. The molecule has 2 heterocycles. The van der Waals surface area contributed by atoms with Crippen molar-refractivity contribution >= 4 is 47.4 Å². The van der Waals surface area contributed by atoms with Crippen LogP contribution < -0.4 is 37.2 Å². The number of carboxylic acids is 2. The van der Waals surface area contributed by atoms with Crippen LogP contribution in [-0.4, -0.2) is 117 Å². The van der Waals surface area contributed by atoms with Crippen LogP contribution in [0.4, 0.5) is 0 Å². The molecule has 1 fully saturated rings. The lowest BCUT2D eigenvalue weighted by Crippen LogP contribution is -2.59. The number of aliphatic carboxylic acids is 2. The summed E-state index contributed by atoms with van der Waals surface area (Å²) >= 11 is 0. The van der Waals surface area contributed by atoms with Gasteiger partial charge >= 0.3 is 11.9 Å². The summed E-state index contributed by atoms with van der Waals surface area (Å²) in [4.78, 5) is 110. The molecule has 0 saturated carbocycles. The highest BCUT2D eigenvalue weighted by atomic mass is 16.4. The zero-order valence-electron chi connectivity index (χ0n) is 31.9. The van der Waals surface area contributed by atoms with E-state index in [0.29, 0.717) is 29.8 Å². The summed E-state index contributed by atoms with van der Waals surface area (Å²) in [5.41, 5.74) is 1.66. The molecule has 310 valence electrons. The summed E-state index contributed by atoms with van der Waals surface area (Å²) < 4.78 is 0. The molecule has 19 heteroatoms. The van der Waals surface area contributed by atoms with E-state index in [1.54, 1.807) is 60.7 Å². The molecule has 10 N–H and O–H groups in total. The minimum Gasteiger partial charge on any atom is -0.481 e. The lowest BCUT2D eigenvalue weighted by atomic mass is 10.0. The van der Waals surface area contributed by atoms with Gasteiger partial charge in [-0.3, -0.25) is 33.6 Å². The summed E-state index contributed by atoms with van der Waals surface area (Å²) in [6.45, 7) is 1.56. The molecule has 1 saturated heterocycles. The van der Waals surface area contributed by atoms with Gasteiger partial charge in [0.05, 0.1) is 24.6 Å². The monoisotopic (exact) mass is 803 g/mol. The van der Waals surface area contributed by atoms with Crippen LogP contribution in [0.1, 0.15) is 49.4 Å². The fraction of sp³-hybridized carbons (Fsp3) is 0.410. The molecule has 58 heavy (non-hydrogen) atoms. The van der Waals surface area contributed by atoms with Gasteiger partial charge in [0.2, 0.25) is 35.4 Å². The third-order valence-electron chi connectivity index (χ3n) is 9.26. The number of aromatic nitrogens is 2. The largest absolute Gasteiger partial charge is 0.481 e. The van der Waals surface area contributed by atoms with Crippen LogP contribution in [0.15, 0.2) is 73.2 Å². The number of nitrogens with one attached hydrogen (secondary N) is 8. The highest BCUT2D eigenvalue weighted by molar-refractivity contribution is 5.96. The Bertz CT molecular complexity index is 1870. The van der Waals surface area contributed by atoms with Crippen molar-refractivity contribution in [1.29, 1.82) is 0 Å². The van der Waals surface area contributed by atoms with Crippen LogP contribution in [0, 0.1) is 0 Å². The molecule has 1 aromatic heterocycles. The predicted octanol–water partition coefficient (Wildman–Crippen LogP) is -1.30. The zero-order chi connectivity index (χ0) is 42.0. The van der Waals surface area contributed by atoms with Crippen molar-refractivity contribution in [2.45, 2.75) is 88.1 Å². The number of carboxylic acid groups (broad SMARTS) is 2. The van der Waals surface area contributed by atoms with E-state index >= 15 is 0 Å². The molecule has 0 spiro atoms. The van der Waals surface area contributed by atoms with E-state index in [1.165, 1.54) is 19.4 Å². The fourth-order valence-electron chi connectivity index (χ4n) is 6.13. The van der Waals surface area contributed by atoms with Crippen molar-refractivity contribution < 1.29 is 48.6 Å². The normalized spacial score (nSPS) is 16.0. The Balaban J connectivity index is 1.47. The molecule has 0 bridgehead atoms. The van der Waals surface area contributed by atoms with Gasteiger partial charge in [-0.15, -0.1) is 0 Å². The molecule has 1 aliphatic rings. The van der Waals surface area contributed by atoms with Gasteiger partial charge in [-0.1, -0.05) is 60.7 Å². The van der Waals surface area contributed by atoms with E-state index in [1.807, 2.05) is 0 Å². The summed E-state index contributed by atoms with van der Waals surface area (Å²) in [5, 5.41) is 37.3. The van der Waals surface area contributed by atoms with Gasteiger partial charge in [-0.05, 0) is 43.9 Å². The summed E-state index contributed by atoms with van der Waals surface area (Å²) in [6, 6.07) is 9.97. The average molecular weight is 804 g/mol. The molecule has 19 nitrogen and oxygen atoms in total. The van der Waals surface area contributed by atoms with Gasteiger partial charge in [0.15, 0.2) is 0 Å². The van der Waals surface area contributed by atoms with Crippen LogP contribution in [0.25, 0.3) is 0 Å². The van der Waals surface area contributed by atoms with Crippen molar-refractivity contribution in [3.63, 3.8) is 0 Å². The van der Waals surface area contributed by atoms with Gasteiger partial charge < -0.3 is 52.4 Å². The molecule has 3 aromatic rings. The smallest absolute Gasteiger partial charge is 0.326 e. The van der Waals surface area contributed by atoms with Crippen LogP contribution in [-0.2, 0) is 57.6 Å². The maximum absolute atomic E-state index is 14.0. The first kappa shape index (κ1) is 44.1. The Morgan fingerprint density at radius 3 is 1.84 bits per heavy atom. The van der Waals surface area contributed by atoms with E-state index in [4.69, 9.17) is 0 Å². The lowest BCUT2D eigenvalue weighted by Gasteiger charge is -2.26. The number of rotatable bonds is 22. The highest BCUT2D eigenvalue weighted by Gasteiger charge is 2.32. The molecule has 0 unspecified atom stereocenters. The molecule has 4 rings (SSSR count). The van der Waals surface area contributed by atoms with Gasteiger partial charge in [0.1, 0.15) is 30.2 Å². The second-order valence-electron chi connectivity index (χ2n) is 13.8. The third-order valence-corrected chi connectivity index (χ3v) is 9.26. The zero-order valence-corrected chi connectivity index (χ0v) is 31.9. The minimum absolute atomic E-state index is 0.0324. The molecular formula is C39H49N9O10. The second kappa shape index (κ2) is 22.2.